The van der Waals surface area contributed by atoms with E-state index in [0.717, 1.165) is 34.7 Å². The van der Waals surface area contributed by atoms with Crippen LogP contribution in [0, 0.1) is 24.2 Å². The minimum absolute atomic E-state index is 0.113. The first-order valence-corrected chi connectivity index (χ1v) is 13.2. The molecule has 7 nitrogen and oxygen atoms in total. The molecule has 0 amide bonds. The summed E-state index contributed by atoms with van der Waals surface area (Å²) in [5.41, 5.74) is 7.82. The number of rotatable bonds is 15. The van der Waals surface area contributed by atoms with E-state index in [1.54, 1.807) is 38.2 Å². The van der Waals surface area contributed by atoms with Gasteiger partial charge in [0.15, 0.2) is 0 Å². The topological polar surface area (TPSA) is 134 Å². The molecule has 1 rings (SSSR count). The standard InChI is InChI=1S/C27H44N2O5S/c1-16(13-22(31)24(28)18(3)14-21-15-35-20(5)29-21)9-8-10-17(2)25(33)19(4)26(34)27(6,7)23(32)11-12-30/h12-15,17,19,22-25,31-33H,8-11,28H2,1-7H3/b16-13-,18-14+. The highest BCUT2D eigenvalue weighted by Gasteiger charge is 2.40. The summed E-state index contributed by atoms with van der Waals surface area (Å²) in [5, 5.41) is 34.4. The molecular weight excluding hydrogens is 464 g/mol. The number of carbonyl (C=O) groups excluding carboxylic acids is 2. The number of carbonyl (C=O) groups is 2. The van der Waals surface area contributed by atoms with Crippen LogP contribution < -0.4 is 5.73 Å². The van der Waals surface area contributed by atoms with Gasteiger partial charge in [-0.1, -0.05) is 44.9 Å². The third-order valence-electron chi connectivity index (χ3n) is 6.89. The van der Waals surface area contributed by atoms with Crippen LogP contribution in [0.1, 0.15) is 77.9 Å². The average Bonchev–Trinajstić information content (AvgIpc) is 3.20. The van der Waals surface area contributed by atoms with Crippen molar-refractivity contribution in [1.82, 2.24) is 4.98 Å². The van der Waals surface area contributed by atoms with E-state index in [2.05, 4.69) is 4.98 Å². The summed E-state index contributed by atoms with van der Waals surface area (Å²) in [7, 11) is 0. The lowest BCUT2D eigenvalue weighted by Gasteiger charge is -2.34. The SMILES string of the molecule is C/C(=C/C(O)C(N)/C(C)=C/c1csc(C)n1)CCCC(C)C(O)C(C)C(=O)C(C)(C)C(O)CC=O. The highest BCUT2D eigenvalue weighted by molar-refractivity contribution is 7.09. The number of hydrogen-bond acceptors (Lipinski definition) is 8. The lowest BCUT2D eigenvalue weighted by atomic mass is 9.73. The first-order valence-electron chi connectivity index (χ1n) is 12.3. The van der Waals surface area contributed by atoms with Crippen molar-refractivity contribution >= 4 is 29.5 Å². The van der Waals surface area contributed by atoms with Gasteiger partial charge in [-0.15, -0.1) is 11.3 Å². The second kappa shape index (κ2) is 14.1. The van der Waals surface area contributed by atoms with E-state index in [9.17, 15) is 24.9 Å². The number of aliphatic hydroxyl groups is 3. The molecule has 0 aromatic carbocycles. The number of aldehydes is 1. The predicted octanol–water partition coefficient (Wildman–Crippen LogP) is 3.84. The average molecular weight is 509 g/mol. The van der Waals surface area contributed by atoms with Crippen LogP contribution in [0.15, 0.2) is 22.6 Å². The second-order valence-corrected chi connectivity index (χ2v) is 11.4. The van der Waals surface area contributed by atoms with E-state index in [-0.39, 0.29) is 18.1 Å². The number of allylic oxidation sites excluding steroid dienone is 1. The van der Waals surface area contributed by atoms with Gasteiger partial charge in [0.05, 0.1) is 40.5 Å². The predicted molar refractivity (Wildman–Crippen MR) is 142 cm³/mol. The Morgan fingerprint density at radius 2 is 1.86 bits per heavy atom. The molecule has 1 heterocycles. The zero-order valence-corrected chi connectivity index (χ0v) is 23.0. The molecule has 0 fully saturated rings. The molecule has 8 heteroatoms. The summed E-state index contributed by atoms with van der Waals surface area (Å²) in [5.74, 6) is -1.04. The molecule has 5 N–H and O–H groups in total. The molecule has 1 aromatic heterocycles. The molecule has 0 bridgehead atoms. The number of Topliss-reactive ketones (excluding diaryl/α,β-unsaturated/α-hetero) is 1. The quantitative estimate of drug-likeness (QED) is 0.209. The lowest BCUT2D eigenvalue weighted by Crippen LogP contribution is -2.44. The van der Waals surface area contributed by atoms with E-state index in [4.69, 9.17) is 5.73 Å². The maximum Gasteiger partial charge on any atom is 0.146 e. The summed E-state index contributed by atoms with van der Waals surface area (Å²) in [6.45, 7) is 12.6. The van der Waals surface area contributed by atoms with Gasteiger partial charge in [0.25, 0.3) is 0 Å². The van der Waals surface area contributed by atoms with Gasteiger partial charge in [-0.3, -0.25) is 4.79 Å². The van der Waals surface area contributed by atoms with Crippen molar-refractivity contribution in [2.24, 2.45) is 23.0 Å². The third kappa shape index (κ3) is 9.35. The van der Waals surface area contributed by atoms with E-state index in [1.165, 1.54) is 0 Å². The molecule has 0 aliphatic rings. The van der Waals surface area contributed by atoms with E-state index in [0.29, 0.717) is 12.7 Å². The monoisotopic (exact) mass is 508 g/mol. The number of aromatic nitrogens is 1. The Morgan fingerprint density at radius 3 is 2.40 bits per heavy atom. The van der Waals surface area contributed by atoms with Crippen LogP contribution in [0.3, 0.4) is 0 Å². The molecule has 0 aliphatic carbocycles. The van der Waals surface area contributed by atoms with Gasteiger partial charge in [-0.2, -0.15) is 0 Å². The summed E-state index contributed by atoms with van der Waals surface area (Å²) in [6.07, 6.45) is 3.64. The Labute approximate surface area is 214 Å². The molecule has 0 spiro atoms. The molecule has 198 valence electrons. The summed E-state index contributed by atoms with van der Waals surface area (Å²) < 4.78 is 0. The van der Waals surface area contributed by atoms with Gasteiger partial charge in [0.2, 0.25) is 0 Å². The van der Waals surface area contributed by atoms with Crippen molar-refractivity contribution in [1.29, 1.82) is 0 Å². The van der Waals surface area contributed by atoms with Crippen molar-refractivity contribution in [3.8, 4) is 0 Å². The van der Waals surface area contributed by atoms with Crippen molar-refractivity contribution in [3.05, 3.63) is 33.3 Å². The van der Waals surface area contributed by atoms with Crippen molar-refractivity contribution in [3.63, 3.8) is 0 Å². The third-order valence-corrected chi connectivity index (χ3v) is 7.68. The molecule has 6 unspecified atom stereocenters. The first kappa shape index (κ1) is 31.3. The minimum atomic E-state index is -1.11. The maximum atomic E-state index is 12.9. The fraction of sp³-hybridized carbons (Fsp3) is 0.667. The van der Waals surface area contributed by atoms with Gasteiger partial charge in [0, 0.05) is 17.7 Å². The van der Waals surface area contributed by atoms with E-state index >= 15 is 0 Å². The Bertz CT molecular complexity index is 892. The largest absolute Gasteiger partial charge is 0.392 e. The van der Waals surface area contributed by atoms with Crippen LogP contribution >= 0.6 is 11.3 Å². The molecule has 0 saturated carbocycles. The number of nitrogens with zero attached hydrogens (tertiary/aromatic N) is 1. The van der Waals surface area contributed by atoms with Gasteiger partial charge in [-0.05, 0) is 52.0 Å². The van der Waals surface area contributed by atoms with Gasteiger partial charge in [0.1, 0.15) is 12.1 Å². The van der Waals surface area contributed by atoms with Crippen LogP contribution in [0.2, 0.25) is 0 Å². The highest BCUT2D eigenvalue weighted by Crippen LogP contribution is 2.31. The number of hydrogen-bond donors (Lipinski definition) is 4. The van der Waals surface area contributed by atoms with Crippen molar-refractivity contribution < 1.29 is 24.9 Å². The molecule has 0 saturated heterocycles. The molecule has 6 atom stereocenters. The first-order chi connectivity index (χ1) is 16.2. The number of thiazole rings is 1. The number of nitrogens with two attached hydrogens (primary N) is 1. The summed E-state index contributed by atoms with van der Waals surface area (Å²) >= 11 is 1.57. The van der Waals surface area contributed by atoms with Gasteiger partial charge in [-0.25, -0.2) is 4.98 Å². The van der Waals surface area contributed by atoms with Crippen LogP contribution in [0.5, 0.6) is 0 Å². The summed E-state index contributed by atoms with van der Waals surface area (Å²) in [4.78, 5) is 28.0. The smallest absolute Gasteiger partial charge is 0.146 e. The minimum Gasteiger partial charge on any atom is -0.392 e. The van der Waals surface area contributed by atoms with Crippen molar-refractivity contribution in [2.45, 2.75) is 98.5 Å². The normalized spacial score (nSPS) is 18.5. The molecule has 0 aliphatic heterocycles. The number of ketones is 1. The maximum absolute atomic E-state index is 12.9. The molecule has 35 heavy (non-hydrogen) atoms. The zero-order chi connectivity index (χ0) is 26.9. The highest BCUT2D eigenvalue weighted by atomic mass is 32.1. The van der Waals surface area contributed by atoms with Crippen LogP contribution in [0.4, 0.5) is 0 Å². The zero-order valence-electron chi connectivity index (χ0n) is 22.2. The molecule has 0 radical (unpaired) electrons. The van der Waals surface area contributed by atoms with Crippen LogP contribution in [-0.4, -0.2) is 56.7 Å². The van der Waals surface area contributed by atoms with Crippen molar-refractivity contribution in [2.75, 3.05) is 0 Å². The number of aliphatic hydroxyl groups excluding tert-OH is 3. The van der Waals surface area contributed by atoms with Crippen LogP contribution in [-0.2, 0) is 9.59 Å². The molecular formula is C27H44N2O5S. The lowest BCUT2D eigenvalue weighted by molar-refractivity contribution is -0.142. The Hall–Kier alpha value is -1.71. The van der Waals surface area contributed by atoms with E-state index in [1.807, 2.05) is 39.2 Å². The fourth-order valence-electron chi connectivity index (χ4n) is 4.18. The second-order valence-electron chi connectivity index (χ2n) is 10.4. The summed E-state index contributed by atoms with van der Waals surface area (Å²) in [6, 6.07) is -0.530. The molecule has 1 aromatic rings. The van der Waals surface area contributed by atoms with Gasteiger partial charge >= 0.3 is 0 Å². The Morgan fingerprint density at radius 1 is 1.23 bits per heavy atom. The van der Waals surface area contributed by atoms with Gasteiger partial charge < -0.3 is 25.8 Å². The Kier molecular flexibility index (Phi) is 12.7. The Balaban J connectivity index is 2.61. The number of aryl methyl sites for hydroxylation is 1. The fourth-order valence-corrected chi connectivity index (χ4v) is 4.75. The van der Waals surface area contributed by atoms with Crippen LogP contribution in [0.25, 0.3) is 6.08 Å². The van der Waals surface area contributed by atoms with E-state index < -0.39 is 35.7 Å².